The fraction of sp³-hybridized carbons (Fsp3) is 0.250. The zero-order valence-corrected chi connectivity index (χ0v) is 15.3. The van der Waals surface area contributed by atoms with Gasteiger partial charge in [0, 0.05) is 5.69 Å². The van der Waals surface area contributed by atoms with E-state index >= 15 is 0 Å². The van der Waals surface area contributed by atoms with Crippen LogP contribution in [0, 0.1) is 0 Å². The zero-order chi connectivity index (χ0) is 19.5. The van der Waals surface area contributed by atoms with Crippen LogP contribution in [0.4, 0.5) is 5.69 Å². The van der Waals surface area contributed by atoms with Crippen molar-refractivity contribution in [2.75, 3.05) is 5.32 Å². The van der Waals surface area contributed by atoms with Crippen LogP contribution in [0.25, 0.3) is 5.69 Å². The molecule has 3 aromatic rings. The van der Waals surface area contributed by atoms with E-state index in [1.54, 1.807) is 31.2 Å². The summed E-state index contributed by atoms with van der Waals surface area (Å²) in [7, 11) is 0. The first kappa shape index (κ1) is 17.8. The van der Waals surface area contributed by atoms with Crippen molar-refractivity contribution in [3.8, 4) is 5.69 Å². The van der Waals surface area contributed by atoms with Crippen LogP contribution in [-0.4, -0.2) is 38.2 Å². The summed E-state index contributed by atoms with van der Waals surface area (Å²) in [6.07, 6.45) is 3.81. The van der Waals surface area contributed by atoms with Gasteiger partial charge in [0.05, 0.1) is 11.3 Å². The van der Waals surface area contributed by atoms with Gasteiger partial charge in [0.15, 0.2) is 6.10 Å². The average molecular weight is 377 g/mol. The largest absolute Gasteiger partial charge is 0.449 e. The Morgan fingerprint density at radius 1 is 1.11 bits per heavy atom. The number of fused-ring (bicyclic) bond motifs is 1. The van der Waals surface area contributed by atoms with Crippen molar-refractivity contribution in [3.63, 3.8) is 0 Å². The summed E-state index contributed by atoms with van der Waals surface area (Å²) in [6, 6.07) is 12.5. The van der Waals surface area contributed by atoms with Gasteiger partial charge >= 0.3 is 5.97 Å². The Bertz CT molecular complexity index is 999. The van der Waals surface area contributed by atoms with Gasteiger partial charge in [-0.1, -0.05) is 6.07 Å². The second kappa shape index (κ2) is 7.59. The predicted molar refractivity (Wildman–Crippen MR) is 101 cm³/mol. The number of hydrogen-bond donors (Lipinski definition) is 1. The van der Waals surface area contributed by atoms with Crippen LogP contribution in [0.3, 0.4) is 0 Å². The zero-order valence-electron chi connectivity index (χ0n) is 15.3. The first-order valence-electron chi connectivity index (χ1n) is 9.07. The molecule has 1 atom stereocenters. The standard InChI is InChI=1S/C20H19N5O3/c1-13(19(26)22-17-8-5-14-3-2-4-16(14)11-17)28-20(27)15-6-9-18(10-7-15)25-12-21-23-24-25/h5-13H,2-4H2,1H3,(H,22,26)/t13-/m0/s1. The Balaban J connectivity index is 1.36. The van der Waals surface area contributed by atoms with E-state index in [0.29, 0.717) is 11.3 Å². The maximum atomic E-state index is 12.4. The summed E-state index contributed by atoms with van der Waals surface area (Å²) in [5.41, 5.74) is 4.38. The number of rotatable bonds is 5. The van der Waals surface area contributed by atoms with E-state index in [-0.39, 0.29) is 5.91 Å². The number of aromatic nitrogens is 4. The first-order chi connectivity index (χ1) is 13.6. The molecule has 142 valence electrons. The van der Waals surface area contributed by atoms with Crippen molar-refractivity contribution < 1.29 is 14.3 Å². The maximum absolute atomic E-state index is 12.4. The smallest absolute Gasteiger partial charge is 0.338 e. The number of nitrogens with one attached hydrogen (secondary N) is 1. The van der Waals surface area contributed by atoms with Crippen LogP contribution in [0.5, 0.6) is 0 Å². The van der Waals surface area contributed by atoms with Crippen molar-refractivity contribution >= 4 is 17.6 Å². The average Bonchev–Trinajstić information content (AvgIpc) is 3.39. The molecular formula is C20H19N5O3. The van der Waals surface area contributed by atoms with E-state index in [9.17, 15) is 9.59 Å². The molecule has 1 N–H and O–H groups in total. The van der Waals surface area contributed by atoms with Crippen molar-refractivity contribution in [3.05, 3.63) is 65.5 Å². The molecule has 1 amide bonds. The molecule has 1 aromatic heterocycles. The Morgan fingerprint density at radius 2 is 1.89 bits per heavy atom. The van der Waals surface area contributed by atoms with Gasteiger partial charge < -0.3 is 10.1 Å². The molecule has 8 nitrogen and oxygen atoms in total. The lowest BCUT2D eigenvalue weighted by Gasteiger charge is -2.14. The van der Waals surface area contributed by atoms with Crippen LogP contribution in [0.1, 0.15) is 34.8 Å². The molecule has 0 unspecified atom stereocenters. The third-order valence-corrected chi connectivity index (χ3v) is 4.74. The van der Waals surface area contributed by atoms with E-state index in [2.05, 4.69) is 20.8 Å². The number of hydrogen-bond acceptors (Lipinski definition) is 6. The molecule has 0 aliphatic heterocycles. The first-order valence-corrected chi connectivity index (χ1v) is 9.07. The fourth-order valence-electron chi connectivity index (χ4n) is 3.21. The normalized spacial score (nSPS) is 13.6. The molecule has 1 aliphatic rings. The molecule has 0 spiro atoms. The van der Waals surface area contributed by atoms with Gasteiger partial charge in [-0.15, -0.1) is 5.10 Å². The van der Waals surface area contributed by atoms with E-state index in [1.165, 1.54) is 22.1 Å². The second-order valence-electron chi connectivity index (χ2n) is 6.68. The van der Waals surface area contributed by atoms with Gasteiger partial charge in [-0.25, -0.2) is 9.48 Å². The lowest BCUT2D eigenvalue weighted by atomic mass is 10.1. The maximum Gasteiger partial charge on any atom is 0.338 e. The highest BCUT2D eigenvalue weighted by molar-refractivity contribution is 5.97. The lowest BCUT2D eigenvalue weighted by molar-refractivity contribution is -0.123. The van der Waals surface area contributed by atoms with Gasteiger partial charge in [0.1, 0.15) is 6.33 Å². The SMILES string of the molecule is C[C@H](OC(=O)c1ccc(-n2cnnn2)cc1)C(=O)Nc1ccc2c(c1)CCC2. The highest BCUT2D eigenvalue weighted by Crippen LogP contribution is 2.25. The number of carbonyl (C=O) groups is 2. The molecule has 0 saturated carbocycles. The number of amides is 1. The van der Waals surface area contributed by atoms with Crippen LogP contribution in [0.2, 0.25) is 0 Å². The number of carbonyl (C=O) groups excluding carboxylic acids is 2. The molecule has 28 heavy (non-hydrogen) atoms. The summed E-state index contributed by atoms with van der Waals surface area (Å²) >= 11 is 0. The number of tetrazole rings is 1. The van der Waals surface area contributed by atoms with E-state index in [4.69, 9.17) is 4.74 Å². The third-order valence-electron chi connectivity index (χ3n) is 4.74. The van der Waals surface area contributed by atoms with Crippen LogP contribution < -0.4 is 5.32 Å². The van der Waals surface area contributed by atoms with Gasteiger partial charge in [0.2, 0.25) is 0 Å². The Morgan fingerprint density at radius 3 is 2.64 bits per heavy atom. The molecule has 4 rings (SSSR count). The van der Waals surface area contributed by atoms with Crippen molar-refractivity contribution in [2.24, 2.45) is 0 Å². The monoisotopic (exact) mass is 377 g/mol. The van der Waals surface area contributed by atoms with Crippen molar-refractivity contribution in [2.45, 2.75) is 32.3 Å². The fourth-order valence-corrected chi connectivity index (χ4v) is 3.21. The van der Waals surface area contributed by atoms with Gasteiger partial charge in [0.25, 0.3) is 5.91 Å². The molecule has 0 radical (unpaired) electrons. The third kappa shape index (κ3) is 3.75. The summed E-state index contributed by atoms with van der Waals surface area (Å²) in [5, 5.41) is 13.7. The second-order valence-corrected chi connectivity index (χ2v) is 6.68. The molecule has 0 fully saturated rings. The van der Waals surface area contributed by atoms with E-state index in [1.807, 2.05) is 18.2 Å². The Hall–Kier alpha value is -3.55. The highest BCUT2D eigenvalue weighted by Gasteiger charge is 2.20. The highest BCUT2D eigenvalue weighted by atomic mass is 16.5. The predicted octanol–water partition coefficient (Wildman–Crippen LogP) is 2.33. The topological polar surface area (TPSA) is 99.0 Å². The number of nitrogens with zero attached hydrogens (tertiary/aromatic N) is 4. The van der Waals surface area contributed by atoms with Crippen LogP contribution in [-0.2, 0) is 22.4 Å². The van der Waals surface area contributed by atoms with Gasteiger partial charge in [-0.2, -0.15) is 0 Å². The summed E-state index contributed by atoms with van der Waals surface area (Å²) < 4.78 is 6.77. The van der Waals surface area contributed by atoms with Crippen LogP contribution >= 0.6 is 0 Å². The lowest BCUT2D eigenvalue weighted by Crippen LogP contribution is -2.30. The number of esters is 1. The number of benzene rings is 2. The number of aryl methyl sites for hydroxylation is 2. The van der Waals surface area contributed by atoms with Gasteiger partial charge in [-0.3, -0.25) is 4.79 Å². The summed E-state index contributed by atoms with van der Waals surface area (Å²) in [5.74, 6) is -0.934. The number of ether oxygens (including phenoxy) is 1. The molecule has 1 heterocycles. The van der Waals surface area contributed by atoms with E-state index in [0.717, 1.165) is 24.9 Å². The molecule has 0 saturated heterocycles. The van der Waals surface area contributed by atoms with Crippen molar-refractivity contribution in [1.82, 2.24) is 20.2 Å². The minimum atomic E-state index is -0.917. The molecule has 0 bridgehead atoms. The molecular weight excluding hydrogens is 358 g/mol. The minimum absolute atomic E-state index is 0.342. The Labute approximate surface area is 161 Å². The molecule has 8 heteroatoms. The molecule has 1 aliphatic carbocycles. The number of anilines is 1. The summed E-state index contributed by atoms with van der Waals surface area (Å²) in [6.45, 7) is 1.55. The van der Waals surface area contributed by atoms with Crippen molar-refractivity contribution in [1.29, 1.82) is 0 Å². The van der Waals surface area contributed by atoms with Crippen LogP contribution in [0.15, 0.2) is 48.8 Å². The summed E-state index contributed by atoms with van der Waals surface area (Å²) in [4.78, 5) is 24.7. The quantitative estimate of drug-likeness (QED) is 0.685. The Kier molecular flexibility index (Phi) is 4.84. The van der Waals surface area contributed by atoms with Gasteiger partial charge in [-0.05, 0) is 84.1 Å². The molecule has 2 aromatic carbocycles. The van der Waals surface area contributed by atoms with E-state index < -0.39 is 12.1 Å². The minimum Gasteiger partial charge on any atom is -0.449 e.